The molecule has 1 saturated heterocycles. The molecule has 0 saturated carbocycles. The molecule has 0 aromatic carbocycles. The third kappa shape index (κ3) is 2.53. The first kappa shape index (κ1) is 10.1. The molecule has 0 spiro atoms. The standard InChI is InChI=1S/C10H14BrN3/c11-10-2-1-8(5-13-10)6-14-4-3-9(12)7-14/h1-2,5,9H,3-4,6-7,12H2. The van der Waals surface area contributed by atoms with Gasteiger partial charge in [0.05, 0.1) is 0 Å². The minimum Gasteiger partial charge on any atom is -0.326 e. The molecule has 0 bridgehead atoms. The highest BCUT2D eigenvalue weighted by Gasteiger charge is 2.18. The molecule has 1 aliphatic heterocycles. The quantitative estimate of drug-likeness (QED) is 0.813. The molecule has 3 nitrogen and oxygen atoms in total. The molecule has 0 radical (unpaired) electrons. The van der Waals surface area contributed by atoms with Crippen LogP contribution in [0.25, 0.3) is 0 Å². The SMILES string of the molecule is NC1CCN(Cc2ccc(Br)nc2)C1. The minimum atomic E-state index is 0.360. The highest BCUT2D eigenvalue weighted by molar-refractivity contribution is 9.10. The van der Waals surface area contributed by atoms with Gasteiger partial charge in [0.1, 0.15) is 4.60 Å². The maximum atomic E-state index is 5.84. The number of halogens is 1. The van der Waals surface area contributed by atoms with Crippen LogP contribution >= 0.6 is 15.9 Å². The summed E-state index contributed by atoms with van der Waals surface area (Å²) in [5.41, 5.74) is 7.09. The van der Waals surface area contributed by atoms with Crippen molar-refractivity contribution in [2.45, 2.75) is 19.0 Å². The van der Waals surface area contributed by atoms with E-state index in [1.54, 1.807) is 0 Å². The summed E-state index contributed by atoms with van der Waals surface area (Å²) in [6.45, 7) is 3.08. The van der Waals surface area contributed by atoms with Gasteiger partial charge >= 0.3 is 0 Å². The van der Waals surface area contributed by atoms with Crippen molar-refractivity contribution in [1.82, 2.24) is 9.88 Å². The fourth-order valence-corrected chi connectivity index (χ4v) is 2.00. The van der Waals surface area contributed by atoms with Gasteiger partial charge in [-0.2, -0.15) is 0 Å². The number of likely N-dealkylation sites (tertiary alicyclic amines) is 1. The minimum absolute atomic E-state index is 0.360. The van der Waals surface area contributed by atoms with Crippen LogP contribution in [-0.4, -0.2) is 29.0 Å². The van der Waals surface area contributed by atoms with E-state index in [-0.39, 0.29) is 0 Å². The van der Waals surface area contributed by atoms with Crippen molar-refractivity contribution >= 4 is 15.9 Å². The lowest BCUT2D eigenvalue weighted by molar-refractivity contribution is 0.326. The number of hydrogen-bond acceptors (Lipinski definition) is 3. The van der Waals surface area contributed by atoms with Crippen LogP contribution in [-0.2, 0) is 6.54 Å². The summed E-state index contributed by atoms with van der Waals surface area (Å²) in [4.78, 5) is 6.57. The molecule has 0 amide bonds. The molecule has 4 heteroatoms. The Balaban J connectivity index is 1.94. The second kappa shape index (κ2) is 4.38. The van der Waals surface area contributed by atoms with Crippen LogP contribution in [0.15, 0.2) is 22.9 Å². The van der Waals surface area contributed by atoms with Gasteiger partial charge in [-0.25, -0.2) is 4.98 Å². The Morgan fingerprint density at radius 2 is 2.43 bits per heavy atom. The molecule has 76 valence electrons. The largest absolute Gasteiger partial charge is 0.326 e. The van der Waals surface area contributed by atoms with Crippen molar-refractivity contribution in [2.75, 3.05) is 13.1 Å². The molecular weight excluding hydrogens is 242 g/mol. The van der Waals surface area contributed by atoms with Crippen molar-refractivity contribution in [2.24, 2.45) is 5.73 Å². The van der Waals surface area contributed by atoms with Crippen molar-refractivity contribution in [3.63, 3.8) is 0 Å². The number of nitrogens with zero attached hydrogens (tertiary/aromatic N) is 2. The zero-order valence-corrected chi connectivity index (χ0v) is 9.57. The van der Waals surface area contributed by atoms with Crippen molar-refractivity contribution in [1.29, 1.82) is 0 Å². The third-order valence-electron chi connectivity index (χ3n) is 2.50. The first-order valence-electron chi connectivity index (χ1n) is 4.82. The number of pyridine rings is 1. The highest BCUT2D eigenvalue weighted by atomic mass is 79.9. The Labute approximate surface area is 92.4 Å². The van der Waals surface area contributed by atoms with Crippen LogP contribution in [0.4, 0.5) is 0 Å². The average Bonchev–Trinajstić information content (AvgIpc) is 2.56. The van der Waals surface area contributed by atoms with Crippen LogP contribution < -0.4 is 5.73 Å². The molecule has 2 heterocycles. The third-order valence-corrected chi connectivity index (χ3v) is 2.97. The van der Waals surface area contributed by atoms with Crippen LogP contribution in [0.1, 0.15) is 12.0 Å². The van der Waals surface area contributed by atoms with Crippen LogP contribution in [0.2, 0.25) is 0 Å². The van der Waals surface area contributed by atoms with Gasteiger partial charge in [-0.3, -0.25) is 4.90 Å². The Morgan fingerprint density at radius 3 is 3.00 bits per heavy atom. The molecule has 0 aliphatic carbocycles. The summed E-state index contributed by atoms with van der Waals surface area (Å²) in [5.74, 6) is 0. The summed E-state index contributed by atoms with van der Waals surface area (Å²) in [7, 11) is 0. The molecule has 1 aromatic heterocycles. The number of aromatic nitrogens is 1. The number of rotatable bonds is 2. The normalized spacial score (nSPS) is 22.9. The van der Waals surface area contributed by atoms with E-state index >= 15 is 0 Å². The highest BCUT2D eigenvalue weighted by Crippen LogP contribution is 2.13. The summed E-state index contributed by atoms with van der Waals surface area (Å²) in [6, 6.07) is 4.44. The molecule has 1 aromatic rings. The summed E-state index contributed by atoms with van der Waals surface area (Å²) >= 11 is 3.32. The molecule has 1 atom stereocenters. The average molecular weight is 256 g/mol. The summed E-state index contributed by atoms with van der Waals surface area (Å²) in [6.07, 6.45) is 3.03. The van der Waals surface area contributed by atoms with Gasteiger partial charge in [0.25, 0.3) is 0 Å². The van der Waals surface area contributed by atoms with Crippen LogP contribution in [0.5, 0.6) is 0 Å². The molecular formula is C10H14BrN3. The van der Waals surface area contributed by atoms with Gasteiger partial charge in [-0.1, -0.05) is 6.07 Å². The van der Waals surface area contributed by atoms with Crippen LogP contribution in [0, 0.1) is 0 Å². The van der Waals surface area contributed by atoms with E-state index in [9.17, 15) is 0 Å². The predicted octanol–water partition coefficient (Wildman–Crippen LogP) is 1.38. The van der Waals surface area contributed by atoms with Crippen LogP contribution in [0.3, 0.4) is 0 Å². The van der Waals surface area contributed by atoms with Gasteiger partial charge < -0.3 is 5.73 Å². The van der Waals surface area contributed by atoms with E-state index in [1.165, 1.54) is 5.56 Å². The smallest absolute Gasteiger partial charge is 0.106 e. The van der Waals surface area contributed by atoms with Crippen molar-refractivity contribution in [3.05, 3.63) is 28.5 Å². The first-order chi connectivity index (χ1) is 6.74. The van der Waals surface area contributed by atoms with Crippen molar-refractivity contribution in [3.8, 4) is 0 Å². The van der Waals surface area contributed by atoms with E-state index < -0.39 is 0 Å². The maximum Gasteiger partial charge on any atom is 0.106 e. The predicted molar refractivity (Wildman–Crippen MR) is 59.8 cm³/mol. The monoisotopic (exact) mass is 255 g/mol. The molecule has 14 heavy (non-hydrogen) atoms. The van der Waals surface area contributed by atoms with E-state index in [4.69, 9.17) is 5.73 Å². The molecule has 2 N–H and O–H groups in total. The van der Waals surface area contributed by atoms with E-state index in [0.717, 1.165) is 30.7 Å². The Morgan fingerprint density at radius 1 is 1.57 bits per heavy atom. The molecule has 1 unspecified atom stereocenters. The zero-order chi connectivity index (χ0) is 9.97. The Kier molecular flexibility index (Phi) is 3.15. The lowest BCUT2D eigenvalue weighted by atomic mass is 10.3. The topological polar surface area (TPSA) is 42.1 Å². The lowest BCUT2D eigenvalue weighted by Crippen LogP contribution is -2.26. The number of nitrogens with two attached hydrogens (primary N) is 1. The molecule has 1 fully saturated rings. The van der Waals surface area contributed by atoms with Gasteiger partial charge in [0, 0.05) is 31.9 Å². The van der Waals surface area contributed by atoms with Gasteiger partial charge in [-0.15, -0.1) is 0 Å². The number of hydrogen-bond donors (Lipinski definition) is 1. The molecule has 2 rings (SSSR count). The second-order valence-corrected chi connectivity index (χ2v) is 4.59. The summed E-state index contributed by atoms with van der Waals surface area (Å²) in [5, 5.41) is 0. The fraction of sp³-hybridized carbons (Fsp3) is 0.500. The van der Waals surface area contributed by atoms with E-state index in [0.29, 0.717) is 6.04 Å². The van der Waals surface area contributed by atoms with Gasteiger partial charge in [-0.05, 0) is 34.0 Å². The Bertz CT molecular complexity index is 299. The van der Waals surface area contributed by atoms with E-state index in [1.807, 2.05) is 12.3 Å². The van der Waals surface area contributed by atoms with Gasteiger partial charge in [0.2, 0.25) is 0 Å². The lowest BCUT2D eigenvalue weighted by Gasteiger charge is -2.14. The van der Waals surface area contributed by atoms with E-state index in [2.05, 4.69) is 31.9 Å². The molecule has 1 aliphatic rings. The second-order valence-electron chi connectivity index (χ2n) is 3.77. The van der Waals surface area contributed by atoms with Gasteiger partial charge in [0.15, 0.2) is 0 Å². The Hall–Kier alpha value is -0.450. The zero-order valence-electron chi connectivity index (χ0n) is 7.99. The van der Waals surface area contributed by atoms with Crippen molar-refractivity contribution < 1.29 is 0 Å². The first-order valence-corrected chi connectivity index (χ1v) is 5.62. The maximum absolute atomic E-state index is 5.84. The fourth-order valence-electron chi connectivity index (χ4n) is 1.76. The summed E-state index contributed by atoms with van der Waals surface area (Å²) < 4.78 is 0.888.